The minimum absolute atomic E-state index is 0.140. The molecule has 0 radical (unpaired) electrons. The number of hydrogen-bond donors (Lipinski definition) is 1. The summed E-state index contributed by atoms with van der Waals surface area (Å²) in [5.74, 6) is 0.909. The smallest absolute Gasteiger partial charge is 0.243 e. The Morgan fingerprint density at radius 1 is 1.19 bits per heavy atom. The molecule has 1 aromatic carbocycles. The fourth-order valence-electron chi connectivity index (χ4n) is 4.00. The lowest BCUT2D eigenvalue weighted by atomic mass is 10.1. The van der Waals surface area contributed by atoms with Crippen LogP contribution in [-0.2, 0) is 14.8 Å². The molecule has 0 spiro atoms. The molecular formula is C23H37N3O4S. The van der Waals surface area contributed by atoms with Gasteiger partial charge < -0.3 is 10.1 Å². The summed E-state index contributed by atoms with van der Waals surface area (Å²) in [7, 11) is -2.08. The number of anilines is 1. The Bertz CT molecular complexity index is 844. The van der Waals surface area contributed by atoms with Gasteiger partial charge in [0.15, 0.2) is 0 Å². The second-order valence-electron chi connectivity index (χ2n) is 9.11. The quantitative estimate of drug-likeness (QED) is 0.587. The molecule has 8 heteroatoms. The highest BCUT2D eigenvalue weighted by molar-refractivity contribution is 7.89. The monoisotopic (exact) mass is 451 g/mol. The molecule has 2 fully saturated rings. The zero-order valence-electron chi connectivity index (χ0n) is 19.1. The van der Waals surface area contributed by atoms with Crippen molar-refractivity contribution in [2.24, 2.45) is 5.92 Å². The van der Waals surface area contributed by atoms with E-state index < -0.39 is 10.0 Å². The molecule has 1 aliphatic heterocycles. The molecule has 0 aromatic heterocycles. The average molecular weight is 452 g/mol. The second kappa shape index (κ2) is 10.8. The molecule has 1 saturated carbocycles. The SMILES string of the molecule is COc1ccc(S(=O)(=O)N2CCCCCC2)cc1NC(=O)CN(CCC(C)C)C1CC1. The van der Waals surface area contributed by atoms with Gasteiger partial charge in [-0.25, -0.2) is 8.42 Å². The lowest BCUT2D eigenvalue weighted by Crippen LogP contribution is -2.36. The van der Waals surface area contributed by atoms with E-state index in [1.165, 1.54) is 13.2 Å². The second-order valence-corrected chi connectivity index (χ2v) is 11.1. The molecule has 1 N–H and O–H groups in total. The lowest BCUT2D eigenvalue weighted by Gasteiger charge is -2.23. The Morgan fingerprint density at radius 3 is 2.45 bits per heavy atom. The van der Waals surface area contributed by atoms with Crippen LogP contribution in [0.2, 0.25) is 0 Å². The summed E-state index contributed by atoms with van der Waals surface area (Å²) in [5, 5.41) is 2.90. The molecule has 31 heavy (non-hydrogen) atoms. The van der Waals surface area contributed by atoms with Crippen LogP contribution in [0, 0.1) is 5.92 Å². The number of sulfonamides is 1. The Kier molecular flexibility index (Phi) is 8.36. The standard InChI is InChI=1S/C23H37N3O4S/c1-18(2)12-15-25(19-8-9-19)17-23(27)24-21-16-20(10-11-22(21)30-3)31(28,29)26-13-6-4-5-7-14-26/h10-11,16,18-19H,4-9,12-15,17H2,1-3H3,(H,24,27). The van der Waals surface area contributed by atoms with E-state index in [0.717, 1.165) is 51.5 Å². The molecule has 0 bridgehead atoms. The third kappa shape index (κ3) is 6.67. The molecule has 0 unspecified atom stereocenters. The Morgan fingerprint density at radius 2 is 1.87 bits per heavy atom. The number of amides is 1. The molecule has 1 amide bonds. The van der Waals surface area contributed by atoms with Crippen molar-refractivity contribution in [2.45, 2.75) is 69.7 Å². The van der Waals surface area contributed by atoms with Crippen molar-refractivity contribution < 1.29 is 17.9 Å². The van der Waals surface area contributed by atoms with Crippen LogP contribution >= 0.6 is 0 Å². The van der Waals surface area contributed by atoms with Gasteiger partial charge in [0.1, 0.15) is 5.75 Å². The fraction of sp³-hybridized carbons (Fsp3) is 0.696. The van der Waals surface area contributed by atoms with Crippen LogP contribution in [0.4, 0.5) is 5.69 Å². The van der Waals surface area contributed by atoms with Crippen LogP contribution < -0.4 is 10.1 Å². The van der Waals surface area contributed by atoms with Crippen molar-refractivity contribution in [1.82, 2.24) is 9.21 Å². The van der Waals surface area contributed by atoms with Crippen molar-refractivity contribution in [2.75, 3.05) is 38.6 Å². The first-order valence-corrected chi connectivity index (χ1v) is 13.0. The molecule has 0 atom stereocenters. The molecule has 174 valence electrons. The molecule has 1 aliphatic carbocycles. The van der Waals surface area contributed by atoms with Crippen molar-refractivity contribution in [3.05, 3.63) is 18.2 Å². The van der Waals surface area contributed by atoms with Gasteiger partial charge in [0.05, 0.1) is 24.2 Å². The van der Waals surface area contributed by atoms with Gasteiger partial charge in [-0.1, -0.05) is 26.7 Å². The third-order valence-corrected chi connectivity index (χ3v) is 7.95. The van der Waals surface area contributed by atoms with Crippen LogP contribution in [0.15, 0.2) is 23.1 Å². The van der Waals surface area contributed by atoms with E-state index in [4.69, 9.17) is 4.74 Å². The number of carbonyl (C=O) groups is 1. The van der Waals surface area contributed by atoms with Gasteiger partial charge in [-0.3, -0.25) is 9.69 Å². The minimum atomic E-state index is -3.60. The van der Waals surface area contributed by atoms with Crippen molar-refractivity contribution in [3.8, 4) is 5.75 Å². The van der Waals surface area contributed by atoms with Gasteiger partial charge in [-0.15, -0.1) is 0 Å². The molecular weight excluding hydrogens is 414 g/mol. The maximum atomic E-state index is 13.2. The topological polar surface area (TPSA) is 79.0 Å². The number of benzene rings is 1. The van der Waals surface area contributed by atoms with E-state index in [-0.39, 0.29) is 10.8 Å². The number of hydrogen-bond acceptors (Lipinski definition) is 5. The van der Waals surface area contributed by atoms with Crippen LogP contribution in [0.1, 0.15) is 58.8 Å². The predicted molar refractivity (Wildman–Crippen MR) is 123 cm³/mol. The lowest BCUT2D eigenvalue weighted by molar-refractivity contribution is -0.117. The number of carbonyl (C=O) groups excluding carboxylic acids is 1. The molecule has 3 rings (SSSR count). The van der Waals surface area contributed by atoms with E-state index in [0.29, 0.717) is 43.0 Å². The van der Waals surface area contributed by atoms with Crippen LogP contribution in [-0.4, -0.2) is 62.9 Å². The van der Waals surface area contributed by atoms with E-state index in [1.54, 1.807) is 16.4 Å². The zero-order valence-corrected chi connectivity index (χ0v) is 19.9. The number of nitrogens with zero attached hydrogens (tertiary/aromatic N) is 2. The summed E-state index contributed by atoms with van der Waals surface area (Å²) in [6.45, 7) is 6.67. The van der Waals surface area contributed by atoms with Gasteiger partial charge in [-0.05, 0) is 62.8 Å². The maximum absolute atomic E-state index is 13.2. The predicted octanol–water partition coefficient (Wildman–Crippen LogP) is 3.71. The Labute approximate surface area is 187 Å². The summed E-state index contributed by atoms with van der Waals surface area (Å²) in [4.78, 5) is 15.2. The number of ether oxygens (including phenoxy) is 1. The Hall–Kier alpha value is -1.64. The Balaban J connectivity index is 1.73. The van der Waals surface area contributed by atoms with Crippen molar-refractivity contribution >= 4 is 21.6 Å². The minimum Gasteiger partial charge on any atom is -0.495 e. The van der Waals surface area contributed by atoms with Gasteiger partial charge in [0.2, 0.25) is 15.9 Å². The van der Waals surface area contributed by atoms with Gasteiger partial charge in [0.25, 0.3) is 0 Å². The van der Waals surface area contributed by atoms with Crippen LogP contribution in [0.25, 0.3) is 0 Å². The van der Waals surface area contributed by atoms with E-state index in [9.17, 15) is 13.2 Å². The first-order chi connectivity index (χ1) is 14.8. The van der Waals surface area contributed by atoms with E-state index >= 15 is 0 Å². The van der Waals surface area contributed by atoms with Gasteiger partial charge in [0, 0.05) is 19.1 Å². The van der Waals surface area contributed by atoms with Crippen LogP contribution in [0.3, 0.4) is 0 Å². The van der Waals surface area contributed by atoms with E-state index in [1.807, 2.05) is 0 Å². The highest BCUT2D eigenvalue weighted by Crippen LogP contribution is 2.31. The highest BCUT2D eigenvalue weighted by atomic mass is 32.2. The average Bonchev–Trinajstić information content (AvgIpc) is 3.58. The molecule has 2 aliphatic rings. The summed E-state index contributed by atoms with van der Waals surface area (Å²) >= 11 is 0. The number of methoxy groups -OCH3 is 1. The molecule has 7 nitrogen and oxygen atoms in total. The van der Waals surface area contributed by atoms with Gasteiger partial charge in [-0.2, -0.15) is 4.31 Å². The zero-order chi connectivity index (χ0) is 22.4. The summed E-state index contributed by atoms with van der Waals surface area (Å²) in [6, 6.07) is 5.21. The molecule has 1 aromatic rings. The van der Waals surface area contributed by atoms with E-state index in [2.05, 4.69) is 24.1 Å². The molecule has 1 saturated heterocycles. The number of rotatable bonds is 10. The summed E-state index contributed by atoms with van der Waals surface area (Å²) in [5.41, 5.74) is 0.406. The maximum Gasteiger partial charge on any atom is 0.243 e. The molecule has 1 heterocycles. The summed E-state index contributed by atoms with van der Waals surface area (Å²) < 4.78 is 33.3. The van der Waals surface area contributed by atoms with Crippen LogP contribution in [0.5, 0.6) is 5.75 Å². The number of nitrogens with one attached hydrogen (secondary N) is 1. The fourth-order valence-corrected chi connectivity index (χ4v) is 5.55. The first kappa shape index (κ1) is 24.0. The van der Waals surface area contributed by atoms with Crippen molar-refractivity contribution in [1.29, 1.82) is 0 Å². The largest absolute Gasteiger partial charge is 0.495 e. The van der Waals surface area contributed by atoms with Crippen molar-refractivity contribution in [3.63, 3.8) is 0 Å². The normalized spacial score (nSPS) is 18.2. The highest BCUT2D eigenvalue weighted by Gasteiger charge is 2.30. The third-order valence-electron chi connectivity index (χ3n) is 6.05. The van der Waals surface area contributed by atoms with Gasteiger partial charge >= 0.3 is 0 Å². The first-order valence-electron chi connectivity index (χ1n) is 11.5. The summed E-state index contributed by atoms with van der Waals surface area (Å²) in [6.07, 6.45) is 7.21.